The molecule has 0 unspecified atom stereocenters. The molecule has 0 heterocycles. The van der Waals surface area contributed by atoms with Gasteiger partial charge in [-0.3, -0.25) is 0 Å². The van der Waals surface area contributed by atoms with Crippen LogP contribution in [0.4, 0.5) is 0 Å². The van der Waals surface area contributed by atoms with E-state index < -0.39 is 10.0 Å². The first-order valence-electron chi connectivity index (χ1n) is 6.19. The van der Waals surface area contributed by atoms with E-state index in [1.54, 1.807) is 0 Å². The molecule has 100 valence electrons. The molecule has 0 saturated carbocycles. The second kappa shape index (κ2) is 5.82. The third-order valence-electron chi connectivity index (χ3n) is 3.25. The van der Waals surface area contributed by atoms with Gasteiger partial charge in [0.2, 0.25) is 10.0 Å². The number of ether oxygens (including phenoxy) is 1. The predicted molar refractivity (Wildman–Crippen MR) is 70.9 cm³/mol. The summed E-state index contributed by atoms with van der Waals surface area (Å²) in [6.07, 6.45) is 2.92. The fourth-order valence-corrected chi connectivity index (χ4v) is 3.53. The normalized spacial score (nSPS) is 19.5. The summed E-state index contributed by atoms with van der Waals surface area (Å²) >= 11 is 0. The Morgan fingerprint density at radius 3 is 2.94 bits per heavy atom. The largest absolute Gasteiger partial charge is 0.384 e. The highest BCUT2D eigenvalue weighted by Gasteiger charge is 2.23. The fourth-order valence-electron chi connectivity index (χ4n) is 2.35. The van der Waals surface area contributed by atoms with Crippen LogP contribution in [-0.4, -0.2) is 27.9 Å². The van der Waals surface area contributed by atoms with Crippen LogP contribution in [-0.2, 0) is 21.2 Å². The molecule has 1 N–H and O–H groups in total. The van der Waals surface area contributed by atoms with Crippen LogP contribution in [0.15, 0.2) is 24.3 Å². The predicted octanol–water partition coefficient (Wildman–Crippen LogP) is 1.63. The summed E-state index contributed by atoms with van der Waals surface area (Å²) in [6, 6.07) is 7.96. The number of nitrogens with one attached hydrogen (secondary N) is 1. The third kappa shape index (κ3) is 3.31. The first kappa shape index (κ1) is 13.5. The summed E-state index contributed by atoms with van der Waals surface area (Å²) in [5.41, 5.74) is 2.37. The molecule has 4 nitrogen and oxygen atoms in total. The van der Waals surface area contributed by atoms with Gasteiger partial charge in [0.25, 0.3) is 0 Å². The van der Waals surface area contributed by atoms with Crippen molar-refractivity contribution in [3.63, 3.8) is 0 Å². The number of aryl methyl sites for hydroxylation is 1. The van der Waals surface area contributed by atoms with E-state index in [2.05, 4.69) is 10.8 Å². The monoisotopic (exact) mass is 269 g/mol. The topological polar surface area (TPSA) is 55.4 Å². The highest BCUT2D eigenvalue weighted by Crippen LogP contribution is 2.29. The van der Waals surface area contributed by atoms with Gasteiger partial charge in [-0.1, -0.05) is 24.3 Å². The molecule has 1 atom stereocenters. The second-order valence-electron chi connectivity index (χ2n) is 4.57. The van der Waals surface area contributed by atoms with Crippen molar-refractivity contribution in [2.24, 2.45) is 0 Å². The summed E-state index contributed by atoms with van der Waals surface area (Å²) in [7, 11) is -1.76. The van der Waals surface area contributed by atoms with Crippen molar-refractivity contribution in [3.05, 3.63) is 35.4 Å². The summed E-state index contributed by atoms with van der Waals surface area (Å²) in [4.78, 5) is 0. The first-order valence-corrected chi connectivity index (χ1v) is 7.84. The molecule has 0 spiro atoms. The molecule has 0 fully saturated rings. The van der Waals surface area contributed by atoms with Crippen LogP contribution < -0.4 is 4.72 Å². The maximum atomic E-state index is 11.9. The van der Waals surface area contributed by atoms with Crippen LogP contribution in [0.2, 0.25) is 0 Å². The Bertz CT molecular complexity index is 499. The van der Waals surface area contributed by atoms with Gasteiger partial charge in [0, 0.05) is 13.2 Å². The average Bonchev–Trinajstić information content (AvgIpc) is 2.37. The van der Waals surface area contributed by atoms with Gasteiger partial charge in [-0.15, -0.1) is 0 Å². The summed E-state index contributed by atoms with van der Waals surface area (Å²) < 4.78 is 31.3. The molecule has 0 aromatic heterocycles. The van der Waals surface area contributed by atoms with Gasteiger partial charge in [-0.2, -0.15) is 0 Å². The Kier molecular flexibility index (Phi) is 4.37. The number of hydrogen-bond acceptors (Lipinski definition) is 3. The van der Waals surface area contributed by atoms with Crippen LogP contribution in [0.5, 0.6) is 0 Å². The number of benzene rings is 1. The SMILES string of the molecule is COCCS(=O)(=O)N[C@H]1CCCc2ccccc21. The molecule has 18 heavy (non-hydrogen) atoms. The molecule has 0 amide bonds. The van der Waals surface area contributed by atoms with Gasteiger partial charge in [-0.25, -0.2) is 13.1 Å². The third-order valence-corrected chi connectivity index (χ3v) is 4.60. The lowest BCUT2D eigenvalue weighted by Gasteiger charge is -2.26. The number of methoxy groups -OCH3 is 1. The molecule has 0 bridgehead atoms. The van der Waals surface area contributed by atoms with Crippen LogP contribution >= 0.6 is 0 Å². The van der Waals surface area contributed by atoms with Crippen molar-refractivity contribution in [2.45, 2.75) is 25.3 Å². The number of hydrogen-bond donors (Lipinski definition) is 1. The zero-order chi connectivity index (χ0) is 13.0. The van der Waals surface area contributed by atoms with E-state index in [4.69, 9.17) is 4.74 Å². The minimum atomic E-state index is -3.26. The van der Waals surface area contributed by atoms with E-state index >= 15 is 0 Å². The Labute approximate surface area is 108 Å². The van der Waals surface area contributed by atoms with E-state index in [1.165, 1.54) is 12.7 Å². The van der Waals surface area contributed by atoms with E-state index in [9.17, 15) is 8.42 Å². The van der Waals surface area contributed by atoms with E-state index in [1.807, 2.05) is 18.2 Å². The molecule has 2 rings (SSSR count). The molecule has 1 aromatic carbocycles. The minimum absolute atomic E-state index is 0.0160. The van der Waals surface area contributed by atoms with Gasteiger partial charge in [-0.05, 0) is 30.4 Å². The number of fused-ring (bicyclic) bond motifs is 1. The molecule has 0 radical (unpaired) electrons. The second-order valence-corrected chi connectivity index (χ2v) is 6.45. The van der Waals surface area contributed by atoms with Crippen molar-refractivity contribution in [3.8, 4) is 0 Å². The molecule has 0 saturated heterocycles. The zero-order valence-electron chi connectivity index (χ0n) is 10.6. The van der Waals surface area contributed by atoms with Crippen LogP contribution in [0, 0.1) is 0 Å². The Hall–Kier alpha value is -0.910. The van der Waals surface area contributed by atoms with Gasteiger partial charge in [0.15, 0.2) is 0 Å². The maximum absolute atomic E-state index is 11.9. The van der Waals surface area contributed by atoms with Crippen molar-refractivity contribution < 1.29 is 13.2 Å². The Morgan fingerprint density at radius 2 is 2.17 bits per heavy atom. The molecular formula is C13H19NO3S. The van der Waals surface area contributed by atoms with Gasteiger partial charge in [0.05, 0.1) is 12.4 Å². The van der Waals surface area contributed by atoms with E-state index in [0.717, 1.165) is 24.8 Å². The van der Waals surface area contributed by atoms with Crippen molar-refractivity contribution in [1.29, 1.82) is 0 Å². The minimum Gasteiger partial charge on any atom is -0.384 e. The lowest BCUT2D eigenvalue weighted by Crippen LogP contribution is -2.33. The standard InChI is InChI=1S/C13H19NO3S/c1-17-9-10-18(15,16)14-13-8-4-6-11-5-2-3-7-12(11)13/h2-3,5,7,13-14H,4,6,8-10H2,1H3/t13-/m0/s1. The Morgan fingerprint density at radius 1 is 1.39 bits per heavy atom. The quantitative estimate of drug-likeness (QED) is 0.884. The molecule has 1 aliphatic rings. The Balaban J connectivity index is 2.12. The number of sulfonamides is 1. The molecular weight excluding hydrogens is 250 g/mol. The van der Waals surface area contributed by atoms with Gasteiger partial charge >= 0.3 is 0 Å². The van der Waals surface area contributed by atoms with Gasteiger partial charge in [0.1, 0.15) is 0 Å². The summed E-state index contributed by atoms with van der Waals surface area (Å²) in [6.45, 7) is 0.226. The first-order chi connectivity index (χ1) is 8.62. The van der Waals surface area contributed by atoms with Crippen LogP contribution in [0.3, 0.4) is 0 Å². The maximum Gasteiger partial charge on any atom is 0.214 e. The highest BCUT2D eigenvalue weighted by atomic mass is 32.2. The van der Waals surface area contributed by atoms with Crippen molar-refractivity contribution >= 4 is 10.0 Å². The van der Waals surface area contributed by atoms with E-state index in [-0.39, 0.29) is 18.4 Å². The summed E-state index contributed by atoms with van der Waals surface area (Å²) in [5, 5.41) is 0. The van der Waals surface area contributed by atoms with Crippen LogP contribution in [0.1, 0.15) is 30.0 Å². The van der Waals surface area contributed by atoms with Gasteiger partial charge < -0.3 is 4.74 Å². The fraction of sp³-hybridized carbons (Fsp3) is 0.538. The molecule has 0 aliphatic heterocycles. The van der Waals surface area contributed by atoms with Crippen molar-refractivity contribution in [2.75, 3.05) is 19.5 Å². The highest BCUT2D eigenvalue weighted by molar-refractivity contribution is 7.89. The van der Waals surface area contributed by atoms with Crippen molar-refractivity contribution in [1.82, 2.24) is 4.72 Å². The summed E-state index contributed by atoms with van der Waals surface area (Å²) in [5.74, 6) is 0.0160. The molecule has 5 heteroatoms. The molecule has 1 aromatic rings. The van der Waals surface area contributed by atoms with E-state index in [0.29, 0.717) is 0 Å². The lowest BCUT2D eigenvalue weighted by molar-refractivity contribution is 0.216. The smallest absolute Gasteiger partial charge is 0.214 e. The number of rotatable bonds is 5. The zero-order valence-corrected chi connectivity index (χ0v) is 11.4. The average molecular weight is 269 g/mol. The lowest BCUT2D eigenvalue weighted by atomic mass is 9.88. The molecule has 1 aliphatic carbocycles. The van der Waals surface area contributed by atoms with Crippen LogP contribution in [0.25, 0.3) is 0 Å².